The van der Waals surface area contributed by atoms with Gasteiger partial charge in [-0.15, -0.1) is 24.8 Å². The first-order valence-electron chi connectivity index (χ1n) is 7.98. The topological polar surface area (TPSA) is 21.8 Å². The van der Waals surface area contributed by atoms with Crippen LogP contribution in [0.3, 0.4) is 0 Å². The molecule has 0 aliphatic carbocycles. The summed E-state index contributed by atoms with van der Waals surface area (Å²) in [4.78, 5) is 6.31. The van der Waals surface area contributed by atoms with Gasteiger partial charge in [0.1, 0.15) is 17.3 Å². The van der Waals surface area contributed by atoms with Gasteiger partial charge in [-0.2, -0.15) is 0 Å². The lowest BCUT2D eigenvalue weighted by Crippen LogP contribution is -2.44. The monoisotopic (exact) mass is 382 g/mol. The van der Waals surface area contributed by atoms with Crippen molar-refractivity contribution in [2.75, 3.05) is 64.3 Å². The number of likely N-dealkylation sites (N-methyl/N-ethyl adjacent to an activating group) is 1. The van der Waals surface area contributed by atoms with Gasteiger partial charge < -0.3 is 15.1 Å². The average molecular weight is 383 g/mol. The zero-order chi connectivity index (χ0) is 15.5. The molecule has 3 rings (SSSR count). The molecule has 2 aliphatic rings. The number of benzene rings is 1. The Morgan fingerprint density at radius 2 is 1.46 bits per heavy atom. The number of nitrogens with one attached hydrogen (secondary N) is 1. The lowest BCUT2D eigenvalue weighted by atomic mass is 10.1. The van der Waals surface area contributed by atoms with E-state index in [9.17, 15) is 8.78 Å². The van der Waals surface area contributed by atoms with Gasteiger partial charge in [-0.1, -0.05) is 0 Å². The van der Waals surface area contributed by atoms with Crippen molar-refractivity contribution in [3.05, 3.63) is 29.3 Å². The second kappa shape index (κ2) is 9.73. The van der Waals surface area contributed by atoms with E-state index in [4.69, 9.17) is 0 Å². The number of halogens is 4. The molecule has 138 valence electrons. The Bertz CT molecular complexity index is 496. The molecule has 24 heavy (non-hydrogen) atoms. The van der Waals surface area contributed by atoms with Gasteiger partial charge in [0.05, 0.1) is 0 Å². The van der Waals surface area contributed by atoms with Crippen molar-refractivity contribution in [1.82, 2.24) is 15.1 Å². The molecular formula is C16H26Cl2F2N4. The van der Waals surface area contributed by atoms with E-state index in [1.165, 1.54) is 12.1 Å². The second-order valence-electron chi connectivity index (χ2n) is 6.22. The van der Waals surface area contributed by atoms with Crippen LogP contribution in [0.15, 0.2) is 12.1 Å². The van der Waals surface area contributed by atoms with E-state index in [2.05, 4.69) is 22.2 Å². The molecule has 0 radical (unpaired) electrons. The number of anilines is 1. The van der Waals surface area contributed by atoms with Gasteiger partial charge in [-0.25, -0.2) is 8.78 Å². The Hall–Kier alpha value is -0.660. The summed E-state index contributed by atoms with van der Waals surface area (Å²) >= 11 is 0. The third kappa shape index (κ3) is 5.17. The van der Waals surface area contributed by atoms with Gasteiger partial charge in [0, 0.05) is 58.9 Å². The SMILES string of the molecule is CN1CCN(Cc2cc(F)c(N3CCNCC3)c(F)c2)CC1.Cl.Cl. The van der Waals surface area contributed by atoms with Crippen LogP contribution in [-0.2, 0) is 6.54 Å². The maximum absolute atomic E-state index is 14.4. The van der Waals surface area contributed by atoms with Crippen LogP contribution < -0.4 is 10.2 Å². The summed E-state index contributed by atoms with van der Waals surface area (Å²) in [5.74, 6) is -0.878. The second-order valence-corrected chi connectivity index (χ2v) is 6.22. The molecule has 2 aliphatic heterocycles. The molecule has 1 aromatic rings. The van der Waals surface area contributed by atoms with Crippen LogP contribution in [-0.4, -0.2) is 69.2 Å². The number of rotatable bonds is 3. The van der Waals surface area contributed by atoms with E-state index in [1.807, 2.05) is 0 Å². The van der Waals surface area contributed by atoms with Crippen molar-refractivity contribution in [3.63, 3.8) is 0 Å². The highest BCUT2D eigenvalue weighted by atomic mass is 35.5. The normalized spacial score (nSPS) is 19.5. The first-order valence-corrected chi connectivity index (χ1v) is 7.98. The van der Waals surface area contributed by atoms with Crippen LogP contribution in [0.5, 0.6) is 0 Å². The maximum Gasteiger partial charge on any atom is 0.149 e. The molecule has 0 unspecified atom stereocenters. The molecule has 2 saturated heterocycles. The molecule has 0 bridgehead atoms. The zero-order valence-electron chi connectivity index (χ0n) is 13.9. The molecule has 0 spiro atoms. The van der Waals surface area contributed by atoms with Gasteiger partial charge in [0.2, 0.25) is 0 Å². The molecule has 0 amide bonds. The molecule has 1 aromatic carbocycles. The van der Waals surface area contributed by atoms with Crippen molar-refractivity contribution in [3.8, 4) is 0 Å². The lowest BCUT2D eigenvalue weighted by Gasteiger charge is -2.33. The number of piperazine rings is 2. The van der Waals surface area contributed by atoms with Crippen molar-refractivity contribution in [2.24, 2.45) is 0 Å². The first-order chi connectivity index (χ1) is 10.6. The summed E-state index contributed by atoms with van der Waals surface area (Å²) < 4.78 is 28.8. The molecule has 4 nitrogen and oxygen atoms in total. The van der Waals surface area contributed by atoms with Gasteiger partial charge in [-0.3, -0.25) is 4.90 Å². The van der Waals surface area contributed by atoms with Gasteiger partial charge >= 0.3 is 0 Å². The number of hydrogen-bond donors (Lipinski definition) is 1. The average Bonchev–Trinajstić information content (AvgIpc) is 2.50. The first kappa shape index (κ1) is 21.4. The summed E-state index contributed by atoms with van der Waals surface area (Å²) in [6.45, 7) is 7.33. The fourth-order valence-electron chi connectivity index (χ4n) is 3.16. The number of nitrogens with zero attached hydrogens (tertiary/aromatic N) is 3. The Morgan fingerprint density at radius 1 is 0.917 bits per heavy atom. The Balaban J connectivity index is 0.00000144. The van der Waals surface area contributed by atoms with E-state index < -0.39 is 11.6 Å². The minimum absolute atomic E-state index is 0. The van der Waals surface area contributed by atoms with E-state index >= 15 is 0 Å². The van der Waals surface area contributed by atoms with Gasteiger partial charge in [0.15, 0.2) is 0 Å². The smallest absolute Gasteiger partial charge is 0.149 e. The summed E-state index contributed by atoms with van der Waals surface area (Å²) in [5.41, 5.74) is 0.849. The van der Waals surface area contributed by atoms with Crippen LogP contribution in [0, 0.1) is 11.6 Å². The molecule has 0 atom stereocenters. The fraction of sp³-hybridized carbons (Fsp3) is 0.625. The maximum atomic E-state index is 14.4. The minimum Gasteiger partial charge on any atom is -0.364 e. The largest absolute Gasteiger partial charge is 0.364 e. The highest BCUT2D eigenvalue weighted by Gasteiger charge is 2.21. The van der Waals surface area contributed by atoms with Crippen LogP contribution in [0.4, 0.5) is 14.5 Å². The standard InChI is InChI=1S/C16H24F2N4.2ClH/c1-20-6-8-21(9-7-20)12-13-10-14(17)16(15(18)11-13)22-4-2-19-3-5-22;;/h10-11,19H,2-9,12H2,1H3;2*1H. The third-order valence-electron chi connectivity index (χ3n) is 4.51. The lowest BCUT2D eigenvalue weighted by molar-refractivity contribution is 0.148. The van der Waals surface area contributed by atoms with Crippen LogP contribution in [0.2, 0.25) is 0 Å². The van der Waals surface area contributed by atoms with Crippen molar-refractivity contribution < 1.29 is 8.78 Å². The molecule has 1 N–H and O–H groups in total. The quantitative estimate of drug-likeness (QED) is 0.862. The summed E-state index contributed by atoms with van der Waals surface area (Å²) in [6, 6.07) is 3.00. The highest BCUT2D eigenvalue weighted by molar-refractivity contribution is 5.85. The highest BCUT2D eigenvalue weighted by Crippen LogP contribution is 2.26. The summed E-state index contributed by atoms with van der Waals surface area (Å²) in [6.07, 6.45) is 0. The fourth-order valence-corrected chi connectivity index (χ4v) is 3.16. The van der Waals surface area contributed by atoms with Gasteiger partial charge in [-0.05, 0) is 24.7 Å². The minimum atomic E-state index is -0.439. The predicted octanol–water partition coefficient (Wildman–Crippen LogP) is 1.97. The molecule has 8 heteroatoms. The van der Waals surface area contributed by atoms with Crippen molar-refractivity contribution in [1.29, 1.82) is 0 Å². The van der Waals surface area contributed by atoms with Crippen molar-refractivity contribution in [2.45, 2.75) is 6.54 Å². The van der Waals surface area contributed by atoms with E-state index in [0.717, 1.165) is 44.8 Å². The Labute approximate surface area is 155 Å². The van der Waals surface area contributed by atoms with Crippen LogP contribution >= 0.6 is 24.8 Å². The molecule has 2 heterocycles. The molecular weight excluding hydrogens is 357 g/mol. The zero-order valence-corrected chi connectivity index (χ0v) is 15.6. The molecule has 0 aromatic heterocycles. The van der Waals surface area contributed by atoms with Crippen LogP contribution in [0.1, 0.15) is 5.56 Å². The van der Waals surface area contributed by atoms with E-state index in [1.54, 1.807) is 4.90 Å². The number of hydrogen-bond acceptors (Lipinski definition) is 4. The van der Waals surface area contributed by atoms with Crippen LogP contribution in [0.25, 0.3) is 0 Å². The Morgan fingerprint density at radius 3 is 2.00 bits per heavy atom. The van der Waals surface area contributed by atoms with Gasteiger partial charge in [0.25, 0.3) is 0 Å². The molecule has 2 fully saturated rings. The predicted molar refractivity (Wildman–Crippen MR) is 98.7 cm³/mol. The summed E-state index contributed by atoms with van der Waals surface area (Å²) in [5, 5.41) is 3.20. The van der Waals surface area contributed by atoms with Crippen molar-refractivity contribution >= 4 is 30.5 Å². The van der Waals surface area contributed by atoms with E-state index in [-0.39, 0.29) is 30.5 Å². The third-order valence-corrected chi connectivity index (χ3v) is 4.51. The molecule has 0 saturated carbocycles. The Kier molecular flexibility index (Phi) is 8.67. The van der Waals surface area contributed by atoms with E-state index in [0.29, 0.717) is 19.6 Å². The summed E-state index contributed by atoms with van der Waals surface area (Å²) in [7, 11) is 2.10.